The summed E-state index contributed by atoms with van der Waals surface area (Å²) in [5.74, 6) is -0.168. The van der Waals surface area contributed by atoms with Crippen molar-refractivity contribution in [3.05, 3.63) is 6.33 Å². The van der Waals surface area contributed by atoms with Crippen LogP contribution in [0.3, 0.4) is 0 Å². The Morgan fingerprint density at radius 1 is 1.28 bits per heavy atom. The van der Waals surface area contributed by atoms with E-state index >= 15 is 0 Å². The molecule has 0 aromatic carbocycles. The molecule has 3 N–H and O–H groups in total. The van der Waals surface area contributed by atoms with E-state index in [9.17, 15) is 9.36 Å². The lowest BCUT2D eigenvalue weighted by Crippen LogP contribution is -2.46. The molecule has 2 aromatic rings. The van der Waals surface area contributed by atoms with Gasteiger partial charge in [0.05, 0.1) is 33.3 Å². The SMILES string of the molecule is CCCCOP(=O)(COCCn1cnc2c(OC)nc(N)nc21)NC(C)(C)C(=O)OCC. The number of methoxy groups -OCH3 is 1. The number of rotatable bonds is 14. The van der Waals surface area contributed by atoms with Crippen molar-refractivity contribution in [3.8, 4) is 5.88 Å². The average Bonchev–Trinajstić information content (AvgIpc) is 3.13. The Labute approximate surface area is 187 Å². The van der Waals surface area contributed by atoms with Crippen LogP contribution in [-0.2, 0) is 29.9 Å². The molecule has 0 radical (unpaired) electrons. The Balaban J connectivity index is 2.03. The highest BCUT2D eigenvalue weighted by Gasteiger charge is 2.38. The molecule has 0 aliphatic rings. The molecule has 12 nitrogen and oxygen atoms in total. The predicted octanol–water partition coefficient (Wildman–Crippen LogP) is 2.33. The Morgan fingerprint density at radius 3 is 2.69 bits per heavy atom. The monoisotopic (exact) mass is 472 g/mol. The zero-order valence-corrected chi connectivity index (χ0v) is 20.2. The topological polar surface area (TPSA) is 153 Å². The molecule has 1 unspecified atom stereocenters. The first kappa shape index (κ1) is 26.0. The van der Waals surface area contributed by atoms with Gasteiger partial charge in [0.1, 0.15) is 11.9 Å². The number of anilines is 1. The summed E-state index contributed by atoms with van der Waals surface area (Å²) in [5, 5.41) is 2.82. The smallest absolute Gasteiger partial charge is 0.326 e. The second-order valence-electron chi connectivity index (χ2n) is 7.56. The van der Waals surface area contributed by atoms with Crippen molar-refractivity contribution in [2.45, 2.75) is 52.6 Å². The first-order chi connectivity index (χ1) is 15.2. The van der Waals surface area contributed by atoms with Crippen molar-refractivity contribution in [2.75, 3.05) is 39.0 Å². The maximum atomic E-state index is 13.4. The molecule has 13 heteroatoms. The molecule has 0 spiro atoms. The predicted molar refractivity (Wildman–Crippen MR) is 119 cm³/mol. The molecule has 2 aromatic heterocycles. The summed E-state index contributed by atoms with van der Waals surface area (Å²) < 4.78 is 36.6. The summed E-state index contributed by atoms with van der Waals surface area (Å²) in [4.78, 5) is 24.7. The van der Waals surface area contributed by atoms with Gasteiger partial charge in [0.15, 0.2) is 11.2 Å². The lowest BCUT2D eigenvalue weighted by atomic mass is 10.1. The fourth-order valence-electron chi connectivity index (χ4n) is 2.83. The van der Waals surface area contributed by atoms with Crippen molar-refractivity contribution in [3.63, 3.8) is 0 Å². The van der Waals surface area contributed by atoms with E-state index in [-0.39, 0.29) is 38.0 Å². The number of aromatic nitrogens is 4. The molecule has 2 rings (SSSR count). The van der Waals surface area contributed by atoms with Crippen LogP contribution < -0.4 is 15.6 Å². The van der Waals surface area contributed by atoms with E-state index < -0.39 is 19.0 Å². The van der Waals surface area contributed by atoms with Crippen LogP contribution >= 0.6 is 7.52 Å². The van der Waals surface area contributed by atoms with Crippen LogP contribution in [0.25, 0.3) is 11.2 Å². The molecule has 32 heavy (non-hydrogen) atoms. The lowest BCUT2D eigenvalue weighted by Gasteiger charge is -2.29. The number of hydrogen-bond acceptors (Lipinski definition) is 10. The normalized spacial score (nSPS) is 13.8. The number of unbranched alkanes of at least 4 members (excludes halogenated alkanes) is 1. The third kappa shape index (κ3) is 6.86. The van der Waals surface area contributed by atoms with E-state index in [0.29, 0.717) is 17.7 Å². The summed E-state index contributed by atoms with van der Waals surface area (Å²) in [5.41, 5.74) is 5.51. The number of carbonyl (C=O) groups excluding carboxylic acids is 1. The fraction of sp³-hybridized carbons (Fsp3) is 0.684. The summed E-state index contributed by atoms with van der Waals surface area (Å²) in [6.07, 6.45) is 2.97. The van der Waals surface area contributed by atoms with Crippen molar-refractivity contribution in [1.29, 1.82) is 0 Å². The van der Waals surface area contributed by atoms with E-state index in [1.165, 1.54) is 7.11 Å². The van der Waals surface area contributed by atoms with Crippen LogP contribution in [-0.4, -0.2) is 64.3 Å². The second-order valence-corrected chi connectivity index (χ2v) is 9.64. The van der Waals surface area contributed by atoms with E-state index in [1.807, 2.05) is 6.92 Å². The maximum absolute atomic E-state index is 13.4. The number of carbonyl (C=O) groups is 1. The number of nitrogens with zero attached hydrogens (tertiary/aromatic N) is 4. The van der Waals surface area contributed by atoms with E-state index in [4.69, 9.17) is 24.5 Å². The Morgan fingerprint density at radius 2 is 2.03 bits per heavy atom. The molecule has 0 amide bonds. The van der Waals surface area contributed by atoms with Gasteiger partial charge in [-0.1, -0.05) is 13.3 Å². The van der Waals surface area contributed by atoms with Gasteiger partial charge in [-0.25, -0.2) is 10.1 Å². The van der Waals surface area contributed by atoms with Crippen molar-refractivity contribution in [1.82, 2.24) is 24.6 Å². The summed E-state index contributed by atoms with van der Waals surface area (Å²) in [6.45, 7) is 7.97. The third-order valence-corrected chi connectivity index (χ3v) is 6.44. The first-order valence-corrected chi connectivity index (χ1v) is 12.3. The number of ether oxygens (including phenoxy) is 3. The zero-order valence-electron chi connectivity index (χ0n) is 19.3. The highest BCUT2D eigenvalue weighted by atomic mass is 31.2. The van der Waals surface area contributed by atoms with E-state index in [0.717, 1.165) is 12.8 Å². The Kier molecular flexibility index (Phi) is 9.38. The summed E-state index contributed by atoms with van der Waals surface area (Å²) in [6, 6.07) is 0. The third-order valence-electron chi connectivity index (χ3n) is 4.41. The Hall–Kier alpha value is -2.27. The van der Waals surface area contributed by atoms with Gasteiger partial charge in [0, 0.05) is 6.54 Å². The van der Waals surface area contributed by atoms with Crippen molar-refractivity contribution in [2.24, 2.45) is 0 Å². The number of esters is 1. The molecule has 0 bridgehead atoms. The molecule has 2 heterocycles. The number of hydrogen-bond donors (Lipinski definition) is 2. The van der Waals surface area contributed by atoms with Crippen LogP contribution in [0.15, 0.2) is 6.33 Å². The summed E-state index contributed by atoms with van der Waals surface area (Å²) >= 11 is 0. The number of imidazole rings is 1. The number of nitrogens with one attached hydrogen (secondary N) is 1. The minimum Gasteiger partial charge on any atom is -0.479 e. The molecule has 0 aliphatic carbocycles. The molecule has 0 saturated heterocycles. The second kappa shape index (κ2) is 11.6. The molecule has 180 valence electrons. The number of fused-ring (bicyclic) bond motifs is 1. The van der Waals surface area contributed by atoms with Crippen LogP contribution in [0.2, 0.25) is 0 Å². The lowest BCUT2D eigenvalue weighted by molar-refractivity contribution is -0.149. The van der Waals surface area contributed by atoms with Gasteiger partial charge in [-0.05, 0) is 27.2 Å². The maximum Gasteiger partial charge on any atom is 0.326 e. The number of nitrogen functional groups attached to an aromatic ring is 1. The zero-order chi connectivity index (χ0) is 23.8. The molecule has 0 aliphatic heterocycles. The van der Waals surface area contributed by atoms with Crippen LogP contribution in [0.5, 0.6) is 5.88 Å². The highest BCUT2D eigenvalue weighted by Crippen LogP contribution is 2.45. The van der Waals surface area contributed by atoms with Gasteiger partial charge >= 0.3 is 5.97 Å². The Bertz CT molecular complexity index is 950. The molecular formula is C19H33N6O6P. The van der Waals surface area contributed by atoms with Crippen LogP contribution in [0, 0.1) is 0 Å². The fourth-order valence-corrected chi connectivity index (χ4v) is 4.77. The molecular weight excluding hydrogens is 439 g/mol. The van der Waals surface area contributed by atoms with Gasteiger partial charge in [0.2, 0.25) is 11.8 Å². The molecule has 1 atom stereocenters. The molecule has 0 saturated carbocycles. The standard InChI is InChI=1S/C19H33N6O6P/c1-6-8-10-31-32(27,24-19(3,4)17(26)30-7-2)13-29-11-9-25-12-21-14-15(25)22-18(20)23-16(14)28-5/h12H,6-11,13H2,1-5H3,(H,24,27)(H2,20,22,23). The largest absolute Gasteiger partial charge is 0.479 e. The van der Waals surface area contributed by atoms with Crippen LogP contribution in [0.1, 0.15) is 40.5 Å². The van der Waals surface area contributed by atoms with Gasteiger partial charge in [0.25, 0.3) is 7.52 Å². The van der Waals surface area contributed by atoms with Crippen molar-refractivity contribution < 1.29 is 28.1 Å². The van der Waals surface area contributed by atoms with Gasteiger partial charge in [-0.15, -0.1) is 0 Å². The average molecular weight is 472 g/mol. The minimum atomic E-state index is -3.49. The van der Waals surface area contributed by atoms with Gasteiger partial charge in [-0.3, -0.25) is 9.36 Å². The van der Waals surface area contributed by atoms with Gasteiger partial charge < -0.3 is 29.0 Å². The highest BCUT2D eigenvalue weighted by molar-refractivity contribution is 7.56. The first-order valence-electron chi connectivity index (χ1n) is 10.5. The molecule has 0 fully saturated rings. The van der Waals surface area contributed by atoms with Crippen LogP contribution in [0.4, 0.5) is 5.95 Å². The van der Waals surface area contributed by atoms with E-state index in [1.54, 1.807) is 31.7 Å². The number of nitrogens with two attached hydrogens (primary N) is 1. The minimum absolute atomic E-state index is 0.0660. The van der Waals surface area contributed by atoms with Gasteiger partial charge in [-0.2, -0.15) is 9.97 Å². The summed E-state index contributed by atoms with van der Waals surface area (Å²) in [7, 11) is -2.01. The quantitative estimate of drug-likeness (QED) is 0.237. The van der Waals surface area contributed by atoms with E-state index in [2.05, 4.69) is 20.0 Å². The van der Waals surface area contributed by atoms with Crippen molar-refractivity contribution >= 4 is 30.6 Å².